The van der Waals surface area contributed by atoms with E-state index in [2.05, 4.69) is 10.0 Å². The Morgan fingerprint density at radius 1 is 1.00 bits per heavy atom. The van der Waals surface area contributed by atoms with E-state index in [1.54, 1.807) is 30.3 Å². The lowest BCUT2D eigenvalue weighted by molar-refractivity contribution is 0.0845. The van der Waals surface area contributed by atoms with Crippen LogP contribution in [0.2, 0.25) is 0 Å². The lowest BCUT2D eigenvalue weighted by atomic mass is 9.95. The molecule has 1 aliphatic heterocycles. The van der Waals surface area contributed by atoms with Crippen molar-refractivity contribution in [2.24, 2.45) is 0 Å². The number of amides is 2. The van der Waals surface area contributed by atoms with E-state index < -0.39 is 21.8 Å². The Labute approximate surface area is 142 Å². The van der Waals surface area contributed by atoms with E-state index in [1.807, 2.05) is 0 Å². The van der Waals surface area contributed by atoms with Gasteiger partial charge in [-0.2, -0.15) is 0 Å². The van der Waals surface area contributed by atoms with Crippen LogP contribution in [-0.4, -0.2) is 20.2 Å². The molecule has 1 aromatic heterocycles. The monoisotopic (exact) mass is 356 g/mol. The van der Waals surface area contributed by atoms with E-state index in [-0.39, 0.29) is 17.0 Å². The molecule has 25 heavy (non-hydrogen) atoms. The number of hydrogen-bond donors (Lipinski definition) is 2. The minimum atomic E-state index is -3.86. The molecule has 2 amide bonds. The van der Waals surface area contributed by atoms with Crippen LogP contribution >= 0.6 is 0 Å². The van der Waals surface area contributed by atoms with Crippen LogP contribution in [0.1, 0.15) is 26.5 Å². The Morgan fingerprint density at radius 3 is 2.56 bits per heavy atom. The van der Waals surface area contributed by atoms with E-state index in [4.69, 9.17) is 4.42 Å². The minimum absolute atomic E-state index is 0.00652. The fraction of sp³-hybridized carbons (Fsp3) is 0.0588. The molecule has 8 heteroatoms. The maximum Gasteiger partial charge on any atom is 0.258 e. The second-order valence-electron chi connectivity index (χ2n) is 5.56. The number of carbonyl (C=O) groups is 2. The predicted octanol–water partition coefficient (Wildman–Crippen LogP) is 1.79. The molecule has 7 nitrogen and oxygen atoms in total. The Balaban J connectivity index is 1.81. The number of rotatable bonds is 4. The summed E-state index contributed by atoms with van der Waals surface area (Å²) in [6.07, 6.45) is 1.45. The van der Waals surface area contributed by atoms with E-state index in [0.29, 0.717) is 22.1 Å². The van der Waals surface area contributed by atoms with E-state index in [0.717, 1.165) is 0 Å². The summed E-state index contributed by atoms with van der Waals surface area (Å²) in [5, 5.41) is 3.19. The van der Waals surface area contributed by atoms with Crippen LogP contribution in [0.15, 0.2) is 58.0 Å². The summed E-state index contributed by atoms with van der Waals surface area (Å²) >= 11 is 0. The van der Waals surface area contributed by atoms with Crippen molar-refractivity contribution in [2.45, 2.75) is 11.4 Å². The van der Waals surface area contributed by atoms with Crippen LogP contribution in [0.4, 0.5) is 0 Å². The topological polar surface area (TPSA) is 105 Å². The van der Waals surface area contributed by atoms with Crippen LogP contribution in [0, 0.1) is 0 Å². The first-order valence-corrected chi connectivity index (χ1v) is 8.88. The SMILES string of the molecule is O=C1NC(=O)c2cc(S(=O)(=O)NCc3ccco3)cc3cccc1c23. The average Bonchev–Trinajstić information content (AvgIpc) is 3.11. The molecule has 2 N–H and O–H groups in total. The van der Waals surface area contributed by atoms with Gasteiger partial charge in [0.2, 0.25) is 10.0 Å². The maximum atomic E-state index is 12.6. The first-order chi connectivity index (χ1) is 12.0. The predicted molar refractivity (Wildman–Crippen MR) is 88.5 cm³/mol. The number of imide groups is 1. The molecule has 0 saturated carbocycles. The summed E-state index contributed by atoms with van der Waals surface area (Å²) < 4.78 is 32.7. The van der Waals surface area contributed by atoms with Gasteiger partial charge in [-0.3, -0.25) is 14.9 Å². The number of carbonyl (C=O) groups excluding carboxylic acids is 2. The third-order valence-corrected chi connectivity index (χ3v) is 5.37. The van der Waals surface area contributed by atoms with Gasteiger partial charge in [0.15, 0.2) is 0 Å². The molecule has 0 atom stereocenters. The van der Waals surface area contributed by atoms with Gasteiger partial charge < -0.3 is 4.42 Å². The highest BCUT2D eigenvalue weighted by Gasteiger charge is 2.27. The highest BCUT2D eigenvalue weighted by atomic mass is 32.2. The number of furan rings is 1. The van der Waals surface area contributed by atoms with Crippen molar-refractivity contribution >= 4 is 32.6 Å². The standard InChI is InChI=1S/C17H12N2O5S/c20-16-13-5-1-3-10-7-12(8-14(15(10)13)17(21)19-16)25(22,23)18-9-11-4-2-6-24-11/h1-8,18H,9H2,(H,19,20,21). The average molecular weight is 356 g/mol. The smallest absolute Gasteiger partial charge is 0.258 e. The largest absolute Gasteiger partial charge is 0.468 e. The van der Waals surface area contributed by atoms with Gasteiger partial charge in [0.1, 0.15) is 5.76 Å². The summed E-state index contributed by atoms with van der Waals surface area (Å²) in [6.45, 7) is -0.00652. The molecule has 0 unspecified atom stereocenters. The van der Waals surface area contributed by atoms with Crippen molar-refractivity contribution < 1.29 is 22.4 Å². The van der Waals surface area contributed by atoms with Gasteiger partial charge in [0.25, 0.3) is 11.8 Å². The van der Waals surface area contributed by atoms with Crippen LogP contribution < -0.4 is 10.0 Å². The third-order valence-electron chi connectivity index (χ3n) is 3.99. The molecule has 4 rings (SSSR count). The van der Waals surface area contributed by atoms with E-state index in [1.165, 1.54) is 18.4 Å². The summed E-state index contributed by atoms with van der Waals surface area (Å²) in [5.74, 6) is -0.636. The van der Waals surface area contributed by atoms with Crippen molar-refractivity contribution in [1.82, 2.24) is 10.0 Å². The molecule has 0 fully saturated rings. The summed E-state index contributed by atoms with van der Waals surface area (Å²) in [6, 6.07) is 10.9. The second-order valence-corrected chi connectivity index (χ2v) is 7.33. The van der Waals surface area contributed by atoms with Gasteiger partial charge in [-0.25, -0.2) is 13.1 Å². The van der Waals surface area contributed by atoms with Gasteiger partial charge in [-0.1, -0.05) is 12.1 Å². The Kier molecular flexibility index (Phi) is 3.45. The zero-order chi connectivity index (χ0) is 17.6. The van der Waals surface area contributed by atoms with Crippen molar-refractivity contribution in [3.05, 3.63) is 65.6 Å². The molecule has 0 saturated heterocycles. The molecule has 0 aliphatic carbocycles. The van der Waals surface area contributed by atoms with Crippen LogP contribution in [0.25, 0.3) is 10.8 Å². The van der Waals surface area contributed by atoms with Crippen molar-refractivity contribution in [1.29, 1.82) is 0 Å². The molecule has 2 aromatic carbocycles. The molecule has 3 aromatic rings. The molecular weight excluding hydrogens is 344 g/mol. The fourth-order valence-electron chi connectivity index (χ4n) is 2.82. The molecule has 2 heterocycles. The molecule has 126 valence electrons. The quantitative estimate of drug-likeness (QED) is 0.694. The van der Waals surface area contributed by atoms with Gasteiger partial charge in [0, 0.05) is 16.5 Å². The maximum absolute atomic E-state index is 12.6. The Bertz CT molecular complexity index is 1120. The summed E-state index contributed by atoms with van der Waals surface area (Å²) in [5.41, 5.74) is 0.505. The molecule has 1 aliphatic rings. The minimum Gasteiger partial charge on any atom is -0.468 e. The zero-order valence-corrected chi connectivity index (χ0v) is 13.6. The summed E-state index contributed by atoms with van der Waals surface area (Å²) in [7, 11) is -3.86. The van der Waals surface area contributed by atoms with Crippen LogP contribution in [0.3, 0.4) is 0 Å². The van der Waals surface area contributed by atoms with Gasteiger partial charge in [-0.15, -0.1) is 0 Å². The molecule has 0 radical (unpaired) electrons. The van der Waals surface area contributed by atoms with Gasteiger partial charge in [0.05, 0.1) is 17.7 Å². The molecule has 0 spiro atoms. The lowest BCUT2D eigenvalue weighted by Gasteiger charge is -2.17. The lowest BCUT2D eigenvalue weighted by Crippen LogP contribution is -2.35. The normalized spacial score (nSPS) is 13.9. The van der Waals surface area contributed by atoms with E-state index >= 15 is 0 Å². The fourth-order valence-corrected chi connectivity index (χ4v) is 3.88. The highest BCUT2D eigenvalue weighted by molar-refractivity contribution is 7.89. The Morgan fingerprint density at radius 2 is 1.80 bits per heavy atom. The van der Waals surface area contributed by atoms with E-state index in [9.17, 15) is 18.0 Å². The van der Waals surface area contributed by atoms with Crippen LogP contribution in [0.5, 0.6) is 0 Å². The van der Waals surface area contributed by atoms with Gasteiger partial charge >= 0.3 is 0 Å². The third kappa shape index (κ3) is 2.61. The van der Waals surface area contributed by atoms with Crippen molar-refractivity contribution in [3.8, 4) is 0 Å². The number of benzene rings is 2. The highest BCUT2D eigenvalue weighted by Crippen LogP contribution is 2.29. The molecular formula is C17H12N2O5S. The first kappa shape index (κ1) is 15.6. The van der Waals surface area contributed by atoms with Crippen molar-refractivity contribution in [3.63, 3.8) is 0 Å². The zero-order valence-electron chi connectivity index (χ0n) is 12.8. The van der Waals surface area contributed by atoms with Crippen LogP contribution in [-0.2, 0) is 16.6 Å². The number of sulfonamides is 1. The first-order valence-electron chi connectivity index (χ1n) is 7.40. The second kappa shape index (κ2) is 5.54. The number of hydrogen-bond acceptors (Lipinski definition) is 5. The van der Waals surface area contributed by atoms with Crippen molar-refractivity contribution in [2.75, 3.05) is 0 Å². The molecule has 0 bridgehead atoms. The summed E-state index contributed by atoms with van der Waals surface area (Å²) in [4.78, 5) is 24.0. The Hall–Kier alpha value is -2.97. The van der Waals surface area contributed by atoms with Gasteiger partial charge in [-0.05, 0) is 35.7 Å². The number of nitrogens with one attached hydrogen (secondary N) is 2.